The molecule has 2 aromatic heterocycles. The van der Waals surface area contributed by atoms with Gasteiger partial charge in [-0.2, -0.15) is 0 Å². The summed E-state index contributed by atoms with van der Waals surface area (Å²) in [6.07, 6.45) is 5.26. The first kappa shape index (κ1) is 11.6. The van der Waals surface area contributed by atoms with Gasteiger partial charge in [-0.3, -0.25) is 4.98 Å². The third-order valence-corrected chi connectivity index (χ3v) is 3.22. The van der Waals surface area contributed by atoms with E-state index in [-0.39, 0.29) is 0 Å². The summed E-state index contributed by atoms with van der Waals surface area (Å²) >= 11 is 0. The number of pyridine rings is 1. The molecule has 0 amide bonds. The van der Waals surface area contributed by atoms with Gasteiger partial charge in [-0.1, -0.05) is 6.07 Å². The summed E-state index contributed by atoms with van der Waals surface area (Å²) in [6.45, 7) is 0.688. The van der Waals surface area contributed by atoms with E-state index in [9.17, 15) is 0 Å². The standard InChI is InChI=1S/C15H15N3O/c1-18(10-12-3-2-8-19-12)14-5-4-11-9-17-7-6-13(11)15(14)16/h2-9H,10,16H2,1H3. The summed E-state index contributed by atoms with van der Waals surface area (Å²) in [6, 6.07) is 9.83. The largest absolute Gasteiger partial charge is 0.467 e. The van der Waals surface area contributed by atoms with Crippen molar-refractivity contribution in [3.05, 3.63) is 54.7 Å². The van der Waals surface area contributed by atoms with Crippen LogP contribution in [0.2, 0.25) is 0 Å². The lowest BCUT2D eigenvalue weighted by atomic mass is 10.1. The molecule has 0 radical (unpaired) electrons. The van der Waals surface area contributed by atoms with E-state index in [1.807, 2.05) is 43.6 Å². The first-order valence-electron chi connectivity index (χ1n) is 6.11. The molecule has 19 heavy (non-hydrogen) atoms. The molecule has 0 atom stereocenters. The highest BCUT2D eigenvalue weighted by Crippen LogP contribution is 2.31. The number of benzene rings is 1. The molecule has 4 heteroatoms. The van der Waals surface area contributed by atoms with Crippen molar-refractivity contribution in [2.45, 2.75) is 6.54 Å². The zero-order valence-corrected chi connectivity index (χ0v) is 10.7. The van der Waals surface area contributed by atoms with E-state index in [0.29, 0.717) is 6.54 Å². The van der Waals surface area contributed by atoms with Crippen LogP contribution in [0.15, 0.2) is 53.4 Å². The van der Waals surface area contributed by atoms with Crippen LogP contribution in [0, 0.1) is 0 Å². The van der Waals surface area contributed by atoms with Crippen molar-refractivity contribution >= 4 is 22.1 Å². The normalized spacial score (nSPS) is 10.8. The zero-order valence-electron chi connectivity index (χ0n) is 10.7. The first-order chi connectivity index (χ1) is 9.25. The van der Waals surface area contributed by atoms with Crippen LogP contribution < -0.4 is 10.6 Å². The minimum absolute atomic E-state index is 0.688. The molecule has 0 saturated carbocycles. The maximum Gasteiger partial charge on any atom is 0.123 e. The Morgan fingerprint density at radius 1 is 1.26 bits per heavy atom. The Bertz CT molecular complexity index is 692. The Kier molecular flexibility index (Phi) is 2.83. The van der Waals surface area contributed by atoms with Gasteiger partial charge in [-0.15, -0.1) is 0 Å². The fraction of sp³-hybridized carbons (Fsp3) is 0.133. The van der Waals surface area contributed by atoms with Gasteiger partial charge in [-0.05, 0) is 24.3 Å². The third-order valence-electron chi connectivity index (χ3n) is 3.22. The van der Waals surface area contributed by atoms with Crippen LogP contribution in [0.1, 0.15) is 5.76 Å². The molecule has 0 aliphatic heterocycles. The molecule has 96 valence electrons. The van der Waals surface area contributed by atoms with Gasteiger partial charge < -0.3 is 15.1 Å². The minimum Gasteiger partial charge on any atom is -0.467 e. The molecule has 0 bridgehead atoms. The van der Waals surface area contributed by atoms with Gasteiger partial charge in [-0.25, -0.2) is 0 Å². The number of furan rings is 1. The summed E-state index contributed by atoms with van der Waals surface area (Å²) in [7, 11) is 2.00. The number of fused-ring (bicyclic) bond motifs is 1. The van der Waals surface area contributed by atoms with Crippen molar-refractivity contribution in [1.82, 2.24) is 4.98 Å². The van der Waals surface area contributed by atoms with Gasteiger partial charge in [0.25, 0.3) is 0 Å². The molecular weight excluding hydrogens is 238 g/mol. The molecular formula is C15H15N3O. The Morgan fingerprint density at radius 3 is 2.95 bits per heavy atom. The Balaban J connectivity index is 1.98. The molecule has 2 heterocycles. The van der Waals surface area contributed by atoms with Crippen molar-refractivity contribution < 1.29 is 4.42 Å². The van der Waals surface area contributed by atoms with E-state index in [0.717, 1.165) is 27.9 Å². The molecule has 0 fully saturated rings. The van der Waals surface area contributed by atoms with Crippen LogP contribution in [0.5, 0.6) is 0 Å². The predicted octanol–water partition coefficient (Wildman–Crippen LogP) is 3.05. The van der Waals surface area contributed by atoms with E-state index < -0.39 is 0 Å². The molecule has 0 unspecified atom stereocenters. The van der Waals surface area contributed by atoms with Crippen molar-refractivity contribution in [2.24, 2.45) is 0 Å². The Hall–Kier alpha value is -2.49. The van der Waals surface area contributed by atoms with Crippen LogP contribution in [0.25, 0.3) is 10.8 Å². The van der Waals surface area contributed by atoms with Crippen molar-refractivity contribution in [1.29, 1.82) is 0 Å². The van der Waals surface area contributed by atoms with Gasteiger partial charge >= 0.3 is 0 Å². The second-order valence-corrected chi connectivity index (χ2v) is 4.53. The van der Waals surface area contributed by atoms with Crippen LogP contribution >= 0.6 is 0 Å². The zero-order chi connectivity index (χ0) is 13.2. The number of hydrogen-bond acceptors (Lipinski definition) is 4. The average molecular weight is 253 g/mol. The number of nitrogens with two attached hydrogens (primary N) is 1. The van der Waals surface area contributed by atoms with E-state index in [1.165, 1.54) is 0 Å². The number of nitrogen functional groups attached to an aromatic ring is 1. The van der Waals surface area contributed by atoms with Crippen LogP contribution in [-0.4, -0.2) is 12.0 Å². The average Bonchev–Trinajstić information content (AvgIpc) is 2.92. The fourth-order valence-corrected chi connectivity index (χ4v) is 2.24. The van der Waals surface area contributed by atoms with Gasteiger partial charge in [0.2, 0.25) is 0 Å². The first-order valence-corrected chi connectivity index (χ1v) is 6.11. The van der Waals surface area contributed by atoms with Crippen LogP contribution in [-0.2, 0) is 6.54 Å². The highest BCUT2D eigenvalue weighted by molar-refractivity contribution is 5.98. The molecule has 0 saturated heterocycles. The third kappa shape index (κ3) is 2.12. The van der Waals surface area contributed by atoms with E-state index in [2.05, 4.69) is 9.88 Å². The number of hydrogen-bond donors (Lipinski definition) is 1. The van der Waals surface area contributed by atoms with Gasteiger partial charge in [0.15, 0.2) is 0 Å². The second kappa shape index (κ2) is 4.65. The second-order valence-electron chi connectivity index (χ2n) is 4.53. The number of anilines is 2. The lowest BCUT2D eigenvalue weighted by Crippen LogP contribution is -2.17. The minimum atomic E-state index is 0.688. The molecule has 1 aromatic carbocycles. The molecule has 0 aliphatic carbocycles. The lowest BCUT2D eigenvalue weighted by Gasteiger charge is -2.20. The highest BCUT2D eigenvalue weighted by atomic mass is 16.3. The molecule has 2 N–H and O–H groups in total. The van der Waals surface area contributed by atoms with Crippen LogP contribution in [0.3, 0.4) is 0 Å². The SMILES string of the molecule is CN(Cc1ccco1)c1ccc2cnccc2c1N. The van der Waals surface area contributed by atoms with Crippen LogP contribution in [0.4, 0.5) is 11.4 Å². The van der Waals surface area contributed by atoms with Crippen molar-refractivity contribution in [3.8, 4) is 0 Å². The number of aromatic nitrogens is 1. The summed E-state index contributed by atoms with van der Waals surface area (Å²) in [5.74, 6) is 0.914. The molecule has 0 aliphatic rings. The quantitative estimate of drug-likeness (QED) is 0.729. The molecule has 0 spiro atoms. The van der Waals surface area contributed by atoms with E-state index >= 15 is 0 Å². The van der Waals surface area contributed by atoms with E-state index in [4.69, 9.17) is 10.2 Å². The molecule has 3 rings (SSSR count). The maximum absolute atomic E-state index is 6.25. The molecule has 4 nitrogen and oxygen atoms in total. The lowest BCUT2D eigenvalue weighted by molar-refractivity contribution is 0.507. The molecule has 3 aromatic rings. The maximum atomic E-state index is 6.25. The Morgan fingerprint density at radius 2 is 2.16 bits per heavy atom. The highest BCUT2D eigenvalue weighted by Gasteiger charge is 2.10. The Labute approximate surface area is 111 Å². The summed E-state index contributed by atoms with van der Waals surface area (Å²) < 4.78 is 5.36. The van der Waals surface area contributed by atoms with Gasteiger partial charge in [0.05, 0.1) is 24.2 Å². The number of nitrogens with zero attached hydrogens (tertiary/aromatic N) is 2. The summed E-state index contributed by atoms with van der Waals surface area (Å²) in [5, 5.41) is 2.08. The summed E-state index contributed by atoms with van der Waals surface area (Å²) in [5.41, 5.74) is 8.02. The summed E-state index contributed by atoms with van der Waals surface area (Å²) in [4.78, 5) is 6.18. The van der Waals surface area contributed by atoms with Crippen molar-refractivity contribution in [2.75, 3.05) is 17.7 Å². The van der Waals surface area contributed by atoms with E-state index in [1.54, 1.807) is 12.5 Å². The topological polar surface area (TPSA) is 55.3 Å². The fourth-order valence-electron chi connectivity index (χ4n) is 2.24. The van der Waals surface area contributed by atoms with Gasteiger partial charge in [0.1, 0.15) is 5.76 Å². The van der Waals surface area contributed by atoms with Crippen molar-refractivity contribution in [3.63, 3.8) is 0 Å². The van der Waals surface area contributed by atoms with Gasteiger partial charge in [0, 0.05) is 30.2 Å². The smallest absolute Gasteiger partial charge is 0.123 e. The number of rotatable bonds is 3. The predicted molar refractivity (Wildman–Crippen MR) is 77.0 cm³/mol. The monoisotopic (exact) mass is 253 g/mol.